The number of hydrogen-bond donors (Lipinski definition) is 1. The van der Waals surface area contributed by atoms with Crippen LogP contribution < -0.4 is 5.32 Å². The second-order valence-corrected chi connectivity index (χ2v) is 8.50. The van der Waals surface area contributed by atoms with Crippen molar-refractivity contribution in [3.63, 3.8) is 0 Å². The van der Waals surface area contributed by atoms with Gasteiger partial charge in [-0.1, -0.05) is 44.2 Å². The van der Waals surface area contributed by atoms with Crippen LogP contribution in [0.5, 0.6) is 0 Å². The molecule has 1 N–H and O–H groups in total. The van der Waals surface area contributed by atoms with Gasteiger partial charge >= 0.3 is 0 Å². The standard InChI is InChI=1S/C21H25N3O3S/c1-4-24(5-2)28(26,27)18-11-12-19-17(13-18)14-20(23(19)3)21(25)22-15-16-9-7-6-8-10-16/h6-14H,4-5,15H2,1-3H3,(H,22,25). The Morgan fingerprint density at radius 3 is 2.36 bits per heavy atom. The van der Waals surface area contributed by atoms with Gasteiger partial charge in [0.05, 0.1) is 4.90 Å². The number of aromatic nitrogens is 1. The van der Waals surface area contributed by atoms with E-state index >= 15 is 0 Å². The van der Waals surface area contributed by atoms with Crippen molar-refractivity contribution < 1.29 is 13.2 Å². The molecule has 0 spiro atoms. The predicted octanol–water partition coefficient (Wildman–Crippen LogP) is 3.14. The highest BCUT2D eigenvalue weighted by Gasteiger charge is 2.23. The summed E-state index contributed by atoms with van der Waals surface area (Å²) < 4.78 is 28.7. The Labute approximate surface area is 165 Å². The van der Waals surface area contributed by atoms with Crippen LogP contribution in [0.15, 0.2) is 59.5 Å². The summed E-state index contributed by atoms with van der Waals surface area (Å²) in [5.41, 5.74) is 2.31. The van der Waals surface area contributed by atoms with E-state index in [4.69, 9.17) is 0 Å². The lowest BCUT2D eigenvalue weighted by atomic mass is 10.2. The Balaban J connectivity index is 1.89. The van der Waals surface area contributed by atoms with Gasteiger partial charge < -0.3 is 9.88 Å². The number of carbonyl (C=O) groups is 1. The maximum absolute atomic E-state index is 12.8. The van der Waals surface area contributed by atoms with Crippen molar-refractivity contribution in [1.82, 2.24) is 14.2 Å². The van der Waals surface area contributed by atoms with Crippen molar-refractivity contribution in [1.29, 1.82) is 0 Å². The molecule has 6 nitrogen and oxygen atoms in total. The van der Waals surface area contributed by atoms with E-state index in [1.54, 1.807) is 35.9 Å². The van der Waals surface area contributed by atoms with Gasteiger partial charge in [-0.15, -0.1) is 0 Å². The Bertz CT molecular complexity index is 1080. The SMILES string of the molecule is CCN(CC)S(=O)(=O)c1ccc2c(c1)cc(C(=O)NCc1ccccc1)n2C. The maximum atomic E-state index is 12.8. The molecular weight excluding hydrogens is 374 g/mol. The molecule has 0 aliphatic heterocycles. The van der Waals surface area contributed by atoms with Crippen LogP contribution in [0.4, 0.5) is 0 Å². The van der Waals surface area contributed by atoms with Gasteiger partial charge in [0.2, 0.25) is 10.0 Å². The third-order valence-electron chi connectivity index (χ3n) is 4.89. The zero-order chi connectivity index (χ0) is 20.3. The van der Waals surface area contributed by atoms with Crippen LogP contribution in [0.3, 0.4) is 0 Å². The Morgan fingerprint density at radius 1 is 1.04 bits per heavy atom. The molecule has 1 amide bonds. The molecule has 28 heavy (non-hydrogen) atoms. The molecule has 0 aliphatic carbocycles. The van der Waals surface area contributed by atoms with E-state index in [-0.39, 0.29) is 10.8 Å². The third kappa shape index (κ3) is 3.81. The molecular formula is C21H25N3O3S. The summed E-state index contributed by atoms with van der Waals surface area (Å²) in [4.78, 5) is 12.9. The summed E-state index contributed by atoms with van der Waals surface area (Å²) >= 11 is 0. The van der Waals surface area contributed by atoms with Gasteiger partial charge in [0, 0.05) is 37.6 Å². The highest BCUT2D eigenvalue weighted by molar-refractivity contribution is 7.89. The zero-order valence-corrected chi connectivity index (χ0v) is 17.2. The van der Waals surface area contributed by atoms with Gasteiger partial charge in [-0.25, -0.2) is 8.42 Å². The first kappa shape index (κ1) is 20.1. The molecule has 0 fully saturated rings. The average molecular weight is 400 g/mol. The zero-order valence-electron chi connectivity index (χ0n) is 16.3. The van der Waals surface area contributed by atoms with Crippen LogP contribution in [0.2, 0.25) is 0 Å². The fourth-order valence-corrected chi connectivity index (χ4v) is 4.78. The van der Waals surface area contributed by atoms with Gasteiger partial charge in [0.25, 0.3) is 5.91 Å². The molecule has 0 bridgehead atoms. The minimum Gasteiger partial charge on any atom is -0.347 e. The molecule has 1 heterocycles. The number of nitrogens with zero attached hydrogens (tertiary/aromatic N) is 2. The first-order valence-electron chi connectivity index (χ1n) is 9.30. The van der Waals surface area contributed by atoms with E-state index < -0.39 is 10.0 Å². The van der Waals surface area contributed by atoms with Gasteiger partial charge in [-0.05, 0) is 29.8 Å². The van der Waals surface area contributed by atoms with Gasteiger partial charge in [-0.3, -0.25) is 4.79 Å². The molecule has 7 heteroatoms. The van der Waals surface area contributed by atoms with Crippen molar-refractivity contribution in [3.05, 3.63) is 65.9 Å². The number of rotatable bonds is 7. The van der Waals surface area contributed by atoms with Crippen molar-refractivity contribution >= 4 is 26.8 Å². The van der Waals surface area contributed by atoms with Crippen molar-refractivity contribution in [3.8, 4) is 0 Å². The summed E-state index contributed by atoms with van der Waals surface area (Å²) in [5.74, 6) is -0.198. The molecule has 0 saturated carbocycles. The average Bonchev–Trinajstić information content (AvgIpc) is 3.04. The number of fused-ring (bicyclic) bond motifs is 1. The van der Waals surface area contributed by atoms with Crippen molar-refractivity contribution in [2.45, 2.75) is 25.3 Å². The summed E-state index contributed by atoms with van der Waals surface area (Å²) in [6.07, 6.45) is 0. The Hall–Kier alpha value is -2.64. The molecule has 3 rings (SSSR count). The van der Waals surface area contributed by atoms with Crippen LogP contribution in [0, 0.1) is 0 Å². The fourth-order valence-electron chi connectivity index (χ4n) is 3.29. The number of carbonyl (C=O) groups excluding carboxylic acids is 1. The summed E-state index contributed by atoms with van der Waals surface area (Å²) in [6, 6.07) is 16.4. The van der Waals surface area contributed by atoms with Gasteiger partial charge in [-0.2, -0.15) is 4.31 Å². The number of sulfonamides is 1. The van der Waals surface area contributed by atoms with E-state index in [0.717, 1.165) is 16.5 Å². The van der Waals surface area contributed by atoms with Crippen LogP contribution in [-0.2, 0) is 23.6 Å². The normalized spacial score (nSPS) is 11.9. The van der Waals surface area contributed by atoms with E-state index in [1.165, 1.54) is 4.31 Å². The molecule has 0 aliphatic rings. The molecule has 148 valence electrons. The molecule has 0 atom stereocenters. The first-order chi connectivity index (χ1) is 13.4. The minimum atomic E-state index is -3.54. The first-order valence-corrected chi connectivity index (χ1v) is 10.7. The van der Waals surface area contributed by atoms with E-state index in [9.17, 15) is 13.2 Å². The van der Waals surface area contributed by atoms with E-state index in [1.807, 2.05) is 44.2 Å². The fraction of sp³-hybridized carbons (Fsp3) is 0.286. The van der Waals surface area contributed by atoms with Crippen molar-refractivity contribution in [2.24, 2.45) is 7.05 Å². The highest BCUT2D eigenvalue weighted by atomic mass is 32.2. The summed E-state index contributed by atoms with van der Waals surface area (Å²) in [6.45, 7) is 4.90. The smallest absolute Gasteiger partial charge is 0.268 e. The second kappa shape index (κ2) is 8.16. The van der Waals surface area contributed by atoms with Crippen LogP contribution in [0.1, 0.15) is 29.9 Å². The van der Waals surface area contributed by atoms with Crippen molar-refractivity contribution in [2.75, 3.05) is 13.1 Å². The van der Waals surface area contributed by atoms with Crippen LogP contribution in [-0.4, -0.2) is 36.3 Å². The Kier molecular flexibility index (Phi) is 5.86. The monoisotopic (exact) mass is 399 g/mol. The molecule has 0 radical (unpaired) electrons. The number of hydrogen-bond acceptors (Lipinski definition) is 3. The quantitative estimate of drug-likeness (QED) is 0.663. The molecule has 1 aromatic heterocycles. The molecule has 2 aromatic carbocycles. The van der Waals surface area contributed by atoms with E-state index in [0.29, 0.717) is 25.3 Å². The number of amides is 1. The minimum absolute atomic E-state index is 0.198. The predicted molar refractivity (Wildman–Crippen MR) is 111 cm³/mol. The number of aryl methyl sites for hydroxylation is 1. The molecule has 0 saturated heterocycles. The topological polar surface area (TPSA) is 71.4 Å². The lowest BCUT2D eigenvalue weighted by Crippen LogP contribution is -2.30. The lowest BCUT2D eigenvalue weighted by molar-refractivity contribution is 0.0943. The highest BCUT2D eigenvalue weighted by Crippen LogP contribution is 2.24. The summed E-state index contributed by atoms with van der Waals surface area (Å²) in [5, 5.41) is 3.63. The number of nitrogens with one attached hydrogen (secondary N) is 1. The molecule has 3 aromatic rings. The largest absolute Gasteiger partial charge is 0.347 e. The van der Waals surface area contributed by atoms with Gasteiger partial charge in [0.1, 0.15) is 5.69 Å². The Morgan fingerprint density at radius 2 is 1.71 bits per heavy atom. The second-order valence-electron chi connectivity index (χ2n) is 6.57. The van der Waals surface area contributed by atoms with Crippen LogP contribution in [0.25, 0.3) is 10.9 Å². The number of benzene rings is 2. The van der Waals surface area contributed by atoms with Gasteiger partial charge in [0.15, 0.2) is 0 Å². The third-order valence-corrected chi connectivity index (χ3v) is 6.93. The van der Waals surface area contributed by atoms with E-state index in [2.05, 4.69) is 5.32 Å². The lowest BCUT2D eigenvalue weighted by Gasteiger charge is -2.18. The maximum Gasteiger partial charge on any atom is 0.268 e. The molecule has 0 unspecified atom stereocenters. The summed E-state index contributed by atoms with van der Waals surface area (Å²) in [7, 11) is -1.74. The van der Waals surface area contributed by atoms with Crippen LogP contribution >= 0.6 is 0 Å².